The Balaban J connectivity index is 1.91. The number of nitrogens with one attached hydrogen (secondary N) is 1. The van der Waals surface area contributed by atoms with Crippen molar-refractivity contribution in [2.24, 2.45) is 0 Å². The number of aliphatic hydroxyl groups excluding tert-OH is 1. The lowest BCUT2D eigenvalue weighted by Gasteiger charge is -2.18. The first-order chi connectivity index (χ1) is 10.8. The minimum absolute atomic E-state index is 0.167. The van der Waals surface area contributed by atoms with Crippen LogP contribution in [0.3, 0.4) is 0 Å². The van der Waals surface area contributed by atoms with Gasteiger partial charge in [-0.15, -0.1) is 11.3 Å². The fraction of sp³-hybridized carbons (Fsp3) is 0.533. The zero-order valence-corrected chi connectivity index (χ0v) is 13.4. The Morgan fingerprint density at radius 1 is 1.50 bits per heavy atom. The molecule has 0 bridgehead atoms. The van der Waals surface area contributed by atoms with Gasteiger partial charge in [0.05, 0.1) is 5.39 Å². The lowest BCUT2D eigenvalue weighted by molar-refractivity contribution is 0.292. The van der Waals surface area contributed by atoms with E-state index in [9.17, 15) is 0 Å². The Kier molecular flexibility index (Phi) is 3.46. The molecule has 3 aromatic rings. The number of aryl methyl sites for hydroxylation is 1. The molecule has 7 heteroatoms. The highest BCUT2D eigenvalue weighted by Gasteiger charge is 2.25. The number of aliphatic hydroxyl groups is 1. The van der Waals surface area contributed by atoms with E-state index in [0.29, 0.717) is 24.8 Å². The van der Waals surface area contributed by atoms with Crippen molar-refractivity contribution in [3.63, 3.8) is 0 Å². The topological polar surface area (TPSA) is 75.3 Å². The second-order valence-corrected chi connectivity index (χ2v) is 6.93. The molecule has 3 heterocycles. The molecule has 0 spiro atoms. The summed E-state index contributed by atoms with van der Waals surface area (Å²) in [5, 5.41) is 17.7. The molecule has 6 nitrogen and oxygen atoms in total. The molecule has 1 aliphatic rings. The van der Waals surface area contributed by atoms with Crippen LogP contribution in [0.5, 0.6) is 0 Å². The van der Waals surface area contributed by atoms with Gasteiger partial charge in [-0.2, -0.15) is 9.61 Å². The van der Waals surface area contributed by atoms with Crippen LogP contribution < -0.4 is 5.32 Å². The highest BCUT2D eigenvalue weighted by Crippen LogP contribution is 2.43. The Morgan fingerprint density at radius 2 is 2.41 bits per heavy atom. The molecule has 0 saturated carbocycles. The molecule has 0 radical (unpaired) electrons. The standard InChI is InChI=1S/C15H19N5OS/c1-9-4-2-5-10-11(9)12-13-17-8-18-20(13)15(16-6-3-7-21)19-14(12)22-10/h8-9,21H,2-7H2,1H3,(H,16,19)/t9-/m1/s1. The van der Waals surface area contributed by atoms with Crippen LogP contribution in [-0.4, -0.2) is 37.8 Å². The molecule has 0 fully saturated rings. The summed E-state index contributed by atoms with van der Waals surface area (Å²) in [7, 11) is 0. The number of anilines is 1. The molecule has 0 unspecified atom stereocenters. The molecule has 0 amide bonds. The van der Waals surface area contributed by atoms with Crippen molar-refractivity contribution in [2.45, 2.75) is 38.5 Å². The van der Waals surface area contributed by atoms with Crippen molar-refractivity contribution < 1.29 is 5.11 Å². The predicted octanol–water partition coefficient (Wildman–Crippen LogP) is 2.57. The van der Waals surface area contributed by atoms with Gasteiger partial charge in [0, 0.05) is 18.0 Å². The minimum Gasteiger partial charge on any atom is -0.396 e. The molecule has 0 aromatic carbocycles. The fourth-order valence-corrected chi connectivity index (χ4v) is 4.62. The van der Waals surface area contributed by atoms with Crippen LogP contribution in [0.1, 0.15) is 42.5 Å². The van der Waals surface area contributed by atoms with Crippen molar-refractivity contribution in [3.05, 3.63) is 16.8 Å². The first-order valence-electron chi connectivity index (χ1n) is 7.79. The average molecular weight is 317 g/mol. The molecule has 4 rings (SSSR count). The molecule has 116 valence electrons. The van der Waals surface area contributed by atoms with Gasteiger partial charge in [-0.25, -0.2) is 9.97 Å². The zero-order chi connectivity index (χ0) is 15.1. The lowest BCUT2D eigenvalue weighted by atomic mass is 9.87. The molecular weight excluding hydrogens is 298 g/mol. The van der Waals surface area contributed by atoms with Gasteiger partial charge in [-0.1, -0.05) is 6.92 Å². The third-order valence-electron chi connectivity index (χ3n) is 4.33. The third kappa shape index (κ3) is 2.07. The van der Waals surface area contributed by atoms with Gasteiger partial charge < -0.3 is 10.4 Å². The number of aromatic nitrogens is 4. The van der Waals surface area contributed by atoms with Crippen LogP contribution >= 0.6 is 11.3 Å². The van der Waals surface area contributed by atoms with Crippen molar-refractivity contribution in [2.75, 3.05) is 18.5 Å². The quantitative estimate of drug-likeness (QED) is 0.723. The Labute approximate surface area is 132 Å². The lowest BCUT2D eigenvalue weighted by Crippen LogP contribution is -2.10. The monoisotopic (exact) mass is 317 g/mol. The van der Waals surface area contributed by atoms with E-state index in [-0.39, 0.29) is 6.61 Å². The first kappa shape index (κ1) is 13.9. The summed E-state index contributed by atoms with van der Waals surface area (Å²) in [6.45, 7) is 3.14. The van der Waals surface area contributed by atoms with Gasteiger partial charge in [0.15, 0.2) is 5.65 Å². The van der Waals surface area contributed by atoms with Gasteiger partial charge in [-0.3, -0.25) is 0 Å². The van der Waals surface area contributed by atoms with E-state index in [1.165, 1.54) is 28.7 Å². The van der Waals surface area contributed by atoms with E-state index in [1.54, 1.807) is 22.2 Å². The highest BCUT2D eigenvalue weighted by molar-refractivity contribution is 7.19. The van der Waals surface area contributed by atoms with Crippen LogP contribution in [0.25, 0.3) is 15.9 Å². The molecule has 1 aliphatic carbocycles. The van der Waals surface area contributed by atoms with E-state index in [0.717, 1.165) is 16.9 Å². The highest BCUT2D eigenvalue weighted by atomic mass is 32.1. The number of rotatable bonds is 4. The second-order valence-electron chi connectivity index (χ2n) is 5.85. The van der Waals surface area contributed by atoms with Crippen molar-refractivity contribution in [1.29, 1.82) is 0 Å². The molecular formula is C15H19N5OS. The molecule has 2 N–H and O–H groups in total. The van der Waals surface area contributed by atoms with Crippen LogP contribution in [0, 0.1) is 0 Å². The summed E-state index contributed by atoms with van der Waals surface area (Å²) >= 11 is 1.79. The van der Waals surface area contributed by atoms with Crippen LogP contribution in [0.15, 0.2) is 6.33 Å². The van der Waals surface area contributed by atoms with Gasteiger partial charge in [-0.05, 0) is 37.2 Å². The number of fused-ring (bicyclic) bond motifs is 5. The molecule has 0 aliphatic heterocycles. The predicted molar refractivity (Wildman–Crippen MR) is 87.7 cm³/mol. The van der Waals surface area contributed by atoms with Crippen molar-refractivity contribution >= 4 is 33.1 Å². The number of hydrogen-bond donors (Lipinski definition) is 2. The van der Waals surface area contributed by atoms with Crippen molar-refractivity contribution in [3.8, 4) is 0 Å². The number of thiophene rings is 1. The second kappa shape index (κ2) is 5.48. The van der Waals surface area contributed by atoms with Crippen LogP contribution in [0.2, 0.25) is 0 Å². The third-order valence-corrected chi connectivity index (χ3v) is 5.49. The van der Waals surface area contributed by atoms with E-state index in [4.69, 9.17) is 10.1 Å². The largest absolute Gasteiger partial charge is 0.396 e. The normalized spacial score (nSPS) is 18.0. The maximum Gasteiger partial charge on any atom is 0.227 e. The minimum atomic E-state index is 0.167. The fourth-order valence-electron chi connectivity index (χ4n) is 3.30. The number of hydrogen-bond acceptors (Lipinski definition) is 6. The van der Waals surface area contributed by atoms with E-state index in [2.05, 4.69) is 22.3 Å². The van der Waals surface area contributed by atoms with E-state index >= 15 is 0 Å². The average Bonchev–Trinajstić information content (AvgIpc) is 3.11. The smallest absolute Gasteiger partial charge is 0.227 e. The van der Waals surface area contributed by atoms with Gasteiger partial charge >= 0.3 is 0 Å². The summed E-state index contributed by atoms with van der Waals surface area (Å²) in [6.07, 6.45) is 5.91. The summed E-state index contributed by atoms with van der Waals surface area (Å²) in [5.74, 6) is 1.27. The maximum atomic E-state index is 8.94. The van der Waals surface area contributed by atoms with Crippen molar-refractivity contribution in [1.82, 2.24) is 19.6 Å². The van der Waals surface area contributed by atoms with Crippen LogP contribution in [-0.2, 0) is 6.42 Å². The van der Waals surface area contributed by atoms with E-state index in [1.807, 2.05) is 0 Å². The summed E-state index contributed by atoms with van der Waals surface area (Å²) in [4.78, 5) is 11.8. The Bertz CT molecular complexity index is 824. The van der Waals surface area contributed by atoms with Gasteiger partial charge in [0.25, 0.3) is 0 Å². The van der Waals surface area contributed by atoms with Gasteiger partial charge in [0.1, 0.15) is 11.2 Å². The van der Waals surface area contributed by atoms with Gasteiger partial charge in [0.2, 0.25) is 5.95 Å². The van der Waals surface area contributed by atoms with E-state index < -0.39 is 0 Å². The molecule has 22 heavy (non-hydrogen) atoms. The van der Waals surface area contributed by atoms with Crippen LogP contribution in [0.4, 0.5) is 5.95 Å². The SMILES string of the molecule is C[C@@H]1CCCc2sc3nc(NCCCO)n4ncnc4c3c21. The maximum absolute atomic E-state index is 8.94. The summed E-state index contributed by atoms with van der Waals surface area (Å²) in [5.41, 5.74) is 2.32. The zero-order valence-electron chi connectivity index (χ0n) is 12.5. The molecule has 3 aromatic heterocycles. The number of nitrogens with zero attached hydrogens (tertiary/aromatic N) is 4. The Morgan fingerprint density at radius 3 is 3.27 bits per heavy atom. The molecule has 0 saturated heterocycles. The first-order valence-corrected chi connectivity index (χ1v) is 8.61. The summed E-state index contributed by atoms with van der Waals surface area (Å²) in [6, 6.07) is 0. The Hall–Kier alpha value is -1.73. The molecule has 1 atom stereocenters. The summed E-state index contributed by atoms with van der Waals surface area (Å²) < 4.78 is 1.79.